The molecule has 0 radical (unpaired) electrons. The maximum atomic E-state index is 12.7. The SMILES string of the molecule is Cn1ncc2cc(-c3c(-c4ccc(C#N)cc4)nc(OC[C@@H]4CCCN(C(=O)OC(C)(C)C)C4)c4cncn34)cnc21. The summed E-state index contributed by atoms with van der Waals surface area (Å²) in [5.41, 5.74) is 4.65. The zero-order chi connectivity index (χ0) is 29.4. The summed E-state index contributed by atoms with van der Waals surface area (Å²) in [6.07, 6.45) is 8.59. The van der Waals surface area contributed by atoms with E-state index in [4.69, 9.17) is 14.5 Å². The van der Waals surface area contributed by atoms with Gasteiger partial charge in [-0.05, 0) is 51.8 Å². The first kappa shape index (κ1) is 27.2. The van der Waals surface area contributed by atoms with Gasteiger partial charge in [-0.15, -0.1) is 0 Å². The number of imidazole rings is 1. The Balaban J connectivity index is 1.36. The lowest BCUT2D eigenvalue weighted by molar-refractivity contribution is 0.0138. The monoisotopic (exact) mass is 564 g/mol. The molecule has 0 unspecified atom stereocenters. The van der Waals surface area contributed by atoms with Crippen LogP contribution in [0, 0.1) is 17.2 Å². The summed E-state index contributed by atoms with van der Waals surface area (Å²) >= 11 is 0. The van der Waals surface area contributed by atoms with Crippen molar-refractivity contribution in [1.82, 2.24) is 34.0 Å². The Morgan fingerprint density at radius 2 is 1.95 bits per heavy atom. The van der Waals surface area contributed by atoms with Gasteiger partial charge >= 0.3 is 6.09 Å². The van der Waals surface area contributed by atoms with Gasteiger partial charge < -0.3 is 14.4 Å². The van der Waals surface area contributed by atoms with Gasteiger partial charge in [-0.25, -0.2) is 19.7 Å². The highest BCUT2D eigenvalue weighted by molar-refractivity contribution is 5.86. The second-order valence-corrected chi connectivity index (χ2v) is 11.6. The maximum Gasteiger partial charge on any atom is 0.410 e. The summed E-state index contributed by atoms with van der Waals surface area (Å²) in [6.45, 7) is 7.24. The third kappa shape index (κ3) is 5.35. The third-order valence-electron chi connectivity index (χ3n) is 7.30. The van der Waals surface area contributed by atoms with Crippen molar-refractivity contribution in [2.75, 3.05) is 19.7 Å². The lowest BCUT2D eigenvalue weighted by atomic mass is 9.99. The molecule has 11 heteroatoms. The molecule has 5 heterocycles. The molecular weight excluding hydrogens is 532 g/mol. The number of benzene rings is 1. The zero-order valence-corrected chi connectivity index (χ0v) is 24.1. The number of nitrogens with zero attached hydrogens (tertiary/aromatic N) is 8. The summed E-state index contributed by atoms with van der Waals surface area (Å²) in [7, 11) is 1.86. The molecule has 1 atom stereocenters. The van der Waals surface area contributed by atoms with Crippen LogP contribution < -0.4 is 4.74 Å². The molecule has 42 heavy (non-hydrogen) atoms. The van der Waals surface area contributed by atoms with Crippen LogP contribution in [-0.4, -0.2) is 65.4 Å². The highest BCUT2D eigenvalue weighted by Gasteiger charge is 2.28. The molecule has 1 aromatic carbocycles. The Morgan fingerprint density at radius 3 is 2.71 bits per heavy atom. The van der Waals surface area contributed by atoms with Crippen molar-refractivity contribution in [2.45, 2.75) is 39.2 Å². The van der Waals surface area contributed by atoms with Crippen LogP contribution in [0.1, 0.15) is 39.2 Å². The fourth-order valence-electron chi connectivity index (χ4n) is 5.31. The number of amides is 1. The number of pyridine rings is 1. The Bertz CT molecular complexity index is 1810. The normalized spacial score (nSPS) is 15.6. The largest absolute Gasteiger partial charge is 0.476 e. The second-order valence-electron chi connectivity index (χ2n) is 11.6. The van der Waals surface area contributed by atoms with Crippen LogP contribution in [0.15, 0.2) is 55.2 Å². The number of carbonyl (C=O) groups is 1. The molecule has 1 saturated heterocycles. The molecule has 214 valence electrons. The number of hydrogen-bond acceptors (Lipinski definition) is 8. The Kier molecular flexibility index (Phi) is 6.98. The van der Waals surface area contributed by atoms with Gasteiger partial charge in [0.1, 0.15) is 11.1 Å². The van der Waals surface area contributed by atoms with Crippen molar-refractivity contribution in [3.05, 3.63) is 60.8 Å². The minimum absolute atomic E-state index is 0.131. The molecule has 5 aromatic rings. The minimum Gasteiger partial charge on any atom is -0.476 e. The molecule has 4 aromatic heterocycles. The van der Waals surface area contributed by atoms with Crippen LogP contribution in [0.5, 0.6) is 5.88 Å². The number of piperidine rings is 1. The molecule has 11 nitrogen and oxygen atoms in total. The Hall–Kier alpha value is -4.98. The van der Waals surface area contributed by atoms with E-state index in [9.17, 15) is 10.1 Å². The number of hydrogen-bond donors (Lipinski definition) is 0. The predicted octanol–water partition coefficient (Wildman–Crippen LogP) is 5.24. The van der Waals surface area contributed by atoms with Crippen LogP contribution in [0.3, 0.4) is 0 Å². The molecular formula is C31H32N8O3. The highest BCUT2D eigenvalue weighted by atomic mass is 16.6. The number of aromatic nitrogens is 6. The van der Waals surface area contributed by atoms with Gasteiger partial charge in [-0.3, -0.25) is 9.08 Å². The zero-order valence-electron chi connectivity index (χ0n) is 24.1. The molecule has 0 saturated carbocycles. The Morgan fingerprint density at radius 1 is 1.14 bits per heavy atom. The number of ether oxygens (including phenoxy) is 2. The van der Waals surface area contributed by atoms with Crippen molar-refractivity contribution < 1.29 is 14.3 Å². The summed E-state index contributed by atoms with van der Waals surface area (Å²) < 4.78 is 15.7. The molecule has 6 rings (SSSR count). The highest BCUT2D eigenvalue weighted by Crippen LogP contribution is 2.36. The fourth-order valence-corrected chi connectivity index (χ4v) is 5.31. The predicted molar refractivity (Wildman–Crippen MR) is 157 cm³/mol. The van der Waals surface area contributed by atoms with Crippen molar-refractivity contribution in [1.29, 1.82) is 5.26 Å². The van der Waals surface area contributed by atoms with Crippen LogP contribution in [0.25, 0.3) is 39.1 Å². The van der Waals surface area contributed by atoms with E-state index in [0.29, 0.717) is 42.4 Å². The van der Waals surface area contributed by atoms with Gasteiger partial charge in [0.05, 0.1) is 48.3 Å². The summed E-state index contributed by atoms with van der Waals surface area (Å²) in [5.74, 6) is 0.576. The topological polar surface area (TPSA) is 123 Å². The van der Waals surface area contributed by atoms with Crippen molar-refractivity contribution in [3.8, 4) is 34.5 Å². The van der Waals surface area contributed by atoms with E-state index in [1.165, 1.54) is 0 Å². The molecule has 1 aliphatic heterocycles. The first-order valence-electron chi connectivity index (χ1n) is 14.0. The lowest BCUT2D eigenvalue weighted by Crippen LogP contribution is -2.44. The van der Waals surface area contributed by atoms with Gasteiger partial charge in [0.25, 0.3) is 0 Å². The molecule has 0 N–H and O–H groups in total. The Labute approximate surface area is 243 Å². The van der Waals surface area contributed by atoms with E-state index in [1.807, 2.05) is 50.4 Å². The smallest absolute Gasteiger partial charge is 0.410 e. The molecule has 1 aliphatic rings. The van der Waals surface area contributed by atoms with E-state index < -0.39 is 5.60 Å². The number of likely N-dealkylation sites (tertiary alicyclic amines) is 1. The number of fused-ring (bicyclic) bond motifs is 2. The molecule has 0 spiro atoms. The maximum absolute atomic E-state index is 12.7. The summed E-state index contributed by atoms with van der Waals surface area (Å²) in [4.78, 5) is 28.6. The van der Waals surface area contributed by atoms with Crippen LogP contribution in [-0.2, 0) is 11.8 Å². The standard InChI is InChI=1S/C31H32N8O3/c1-31(2,3)42-30(40)38-11-5-6-21(17-38)18-41-29-25-16-33-19-39(25)27(23-12-24-15-35-37(4)28(24)34-14-23)26(36-29)22-9-7-20(13-32)8-10-22/h7-10,12,14-16,19,21H,5-6,11,17-18H2,1-4H3/t21-/m1/s1. The second kappa shape index (κ2) is 10.8. The number of rotatable bonds is 5. The molecule has 0 bridgehead atoms. The van der Waals surface area contributed by atoms with Gasteiger partial charge in [0.2, 0.25) is 5.88 Å². The van der Waals surface area contributed by atoms with Crippen molar-refractivity contribution in [2.24, 2.45) is 13.0 Å². The van der Waals surface area contributed by atoms with Crippen LogP contribution in [0.2, 0.25) is 0 Å². The third-order valence-corrected chi connectivity index (χ3v) is 7.30. The average Bonchev–Trinajstić information content (AvgIpc) is 3.62. The minimum atomic E-state index is -0.543. The van der Waals surface area contributed by atoms with E-state index in [1.54, 1.807) is 46.6 Å². The summed E-state index contributed by atoms with van der Waals surface area (Å²) in [6, 6.07) is 11.5. The quantitative estimate of drug-likeness (QED) is 0.284. The van der Waals surface area contributed by atoms with Gasteiger partial charge in [0.15, 0.2) is 5.65 Å². The van der Waals surface area contributed by atoms with Gasteiger partial charge in [-0.2, -0.15) is 10.4 Å². The number of carbonyl (C=O) groups excluding carboxylic acids is 1. The van der Waals surface area contributed by atoms with Crippen LogP contribution in [0.4, 0.5) is 4.79 Å². The van der Waals surface area contributed by atoms with Crippen LogP contribution >= 0.6 is 0 Å². The first-order chi connectivity index (χ1) is 20.2. The number of aryl methyl sites for hydroxylation is 1. The van der Waals surface area contributed by atoms with E-state index in [-0.39, 0.29) is 12.0 Å². The molecule has 1 fully saturated rings. The van der Waals surface area contributed by atoms with Gasteiger partial charge in [0, 0.05) is 48.8 Å². The number of nitriles is 1. The van der Waals surface area contributed by atoms with Gasteiger partial charge in [-0.1, -0.05) is 12.1 Å². The fraction of sp³-hybridized carbons (Fsp3) is 0.355. The molecule has 0 aliphatic carbocycles. The summed E-state index contributed by atoms with van der Waals surface area (Å²) in [5, 5.41) is 14.6. The average molecular weight is 565 g/mol. The van der Waals surface area contributed by atoms with Crippen molar-refractivity contribution in [3.63, 3.8) is 0 Å². The molecule has 1 amide bonds. The van der Waals surface area contributed by atoms with E-state index >= 15 is 0 Å². The first-order valence-corrected chi connectivity index (χ1v) is 14.0. The van der Waals surface area contributed by atoms with E-state index in [2.05, 4.69) is 21.1 Å². The van der Waals surface area contributed by atoms with Crippen molar-refractivity contribution >= 4 is 22.6 Å². The van der Waals surface area contributed by atoms with E-state index in [0.717, 1.165) is 40.7 Å². The lowest BCUT2D eigenvalue weighted by Gasteiger charge is -2.34.